The van der Waals surface area contributed by atoms with Crippen LogP contribution in [0.1, 0.15) is 12.0 Å². The zero-order chi connectivity index (χ0) is 20.2. The Balaban J connectivity index is 1.33. The monoisotopic (exact) mass is 393 g/mol. The van der Waals surface area contributed by atoms with Gasteiger partial charge in [-0.3, -0.25) is 14.5 Å². The Labute approximate surface area is 171 Å². The molecule has 2 saturated heterocycles. The first kappa shape index (κ1) is 19.5. The molecule has 2 heterocycles. The molecule has 6 heteroatoms. The zero-order valence-corrected chi connectivity index (χ0v) is 16.8. The highest BCUT2D eigenvalue weighted by atomic mass is 16.5. The minimum absolute atomic E-state index is 0.000633. The largest absolute Gasteiger partial charge is 0.497 e. The highest BCUT2D eigenvalue weighted by Crippen LogP contribution is 2.29. The summed E-state index contributed by atoms with van der Waals surface area (Å²) in [4.78, 5) is 31.6. The third-order valence-electron chi connectivity index (χ3n) is 5.77. The molecule has 0 aliphatic carbocycles. The molecular weight excluding hydrogens is 366 g/mol. The van der Waals surface area contributed by atoms with Gasteiger partial charge in [-0.1, -0.05) is 36.4 Å². The number of benzene rings is 2. The topological polar surface area (TPSA) is 53.1 Å². The predicted molar refractivity (Wildman–Crippen MR) is 112 cm³/mol. The summed E-state index contributed by atoms with van der Waals surface area (Å²) in [5.74, 6) is 0.538. The summed E-state index contributed by atoms with van der Waals surface area (Å²) in [6.07, 6.45) is 0.278. The molecule has 2 fully saturated rings. The van der Waals surface area contributed by atoms with Crippen molar-refractivity contribution in [2.24, 2.45) is 5.92 Å². The molecule has 0 saturated carbocycles. The second-order valence-electron chi connectivity index (χ2n) is 7.69. The Bertz CT molecular complexity index is 863. The number of carbonyl (C=O) groups is 2. The lowest BCUT2D eigenvalue weighted by Gasteiger charge is -2.36. The molecule has 2 amide bonds. The maximum atomic E-state index is 13.0. The van der Waals surface area contributed by atoms with Crippen LogP contribution in [-0.4, -0.2) is 61.4 Å². The molecule has 1 atom stereocenters. The Kier molecular flexibility index (Phi) is 5.81. The van der Waals surface area contributed by atoms with Gasteiger partial charge in [0.2, 0.25) is 11.8 Å². The molecule has 0 bridgehead atoms. The van der Waals surface area contributed by atoms with E-state index in [4.69, 9.17) is 4.74 Å². The number of carbonyl (C=O) groups excluding carboxylic acids is 2. The lowest BCUT2D eigenvalue weighted by molar-refractivity contribution is -0.137. The van der Waals surface area contributed by atoms with Crippen molar-refractivity contribution in [2.75, 3.05) is 44.7 Å². The Morgan fingerprint density at radius 3 is 2.52 bits per heavy atom. The average Bonchev–Trinajstić information content (AvgIpc) is 3.16. The van der Waals surface area contributed by atoms with Crippen molar-refractivity contribution in [3.05, 3.63) is 60.2 Å². The number of hydrogen-bond acceptors (Lipinski definition) is 4. The smallest absolute Gasteiger partial charge is 0.228 e. The van der Waals surface area contributed by atoms with E-state index < -0.39 is 0 Å². The van der Waals surface area contributed by atoms with E-state index in [0.717, 1.165) is 38.4 Å². The first-order chi connectivity index (χ1) is 14.1. The molecule has 2 aromatic carbocycles. The highest BCUT2D eigenvalue weighted by Gasteiger charge is 2.38. The average molecular weight is 393 g/mol. The number of hydrogen-bond donors (Lipinski definition) is 0. The third-order valence-corrected chi connectivity index (χ3v) is 5.77. The van der Waals surface area contributed by atoms with Crippen molar-refractivity contribution >= 4 is 17.5 Å². The standard InChI is InChI=1S/C23H27N3O3/c1-29-21-9-5-8-20(15-21)26-17-19(14-22(26)27)23(28)25-12-10-24(11-13-25)16-18-6-3-2-4-7-18/h2-9,15,19H,10-14,16-17H2,1H3/t19-/m0/s1. The minimum Gasteiger partial charge on any atom is -0.497 e. The number of ether oxygens (including phenoxy) is 1. The number of amides is 2. The van der Waals surface area contributed by atoms with Crippen LogP contribution < -0.4 is 9.64 Å². The van der Waals surface area contributed by atoms with E-state index in [9.17, 15) is 9.59 Å². The van der Waals surface area contributed by atoms with Gasteiger partial charge < -0.3 is 14.5 Å². The Hall–Kier alpha value is -2.86. The minimum atomic E-state index is -0.269. The second-order valence-corrected chi connectivity index (χ2v) is 7.69. The van der Waals surface area contributed by atoms with Gasteiger partial charge >= 0.3 is 0 Å². The molecule has 0 spiro atoms. The van der Waals surface area contributed by atoms with E-state index >= 15 is 0 Å². The summed E-state index contributed by atoms with van der Waals surface area (Å²) < 4.78 is 5.25. The molecule has 2 aliphatic rings. The molecular formula is C23H27N3O3. The van der Waals surface area contributed by atoms with Crippen LogP contribution in [0.15, 0.2) is 54.6 Å². The van der Waals surface area contributed by atoms with Crippen LogP contribution in [-0.2, 0) is 16.1 Å². The summed E-state index contributed by atoms with van der Waals surface area (Å²) in [5.41, 5.74) is 2.08. The molecule has 2 aromatic rings. The van der Waals surface area contributed by atoms with Crippen molar-refractivity contribution in [1.82, 2.24) is 9.80 Å². The molecule has 4 rings (SSSR count). The van der Waals surface area contributed by atoms with E-state index in [1.54, 1.807) is 12.0 Å². The van der Waals surface area contributed by atoms with Gasteiger partial charge in [0.1, 0.15) is 5.75 Å². The van der Waals surface area contributed by atoms with Gasteiger partial charge in [0.15, 0.2) is 0 Å². The van der Waals surface area contributed by atoms with Crippen LogP contribution >= 0.6 is 0 Å². The summed E-state index contributed by atoms with van der Waals surface area (Å²) in [6, 6.07) is 17.8. The van der Waals surface area contributed by atoms with Gasteiger partial charge in [-0.15, -0.1) is 0 Å². The first-order valence-electron chi connectivity index (χ1n) is 10.1. The van der Waals surface area contributed by atoms with Crippen LogP contribution in [0.5, 0.6) is 5.75 Å². The fraction of sp³-hybridized carbons (Fsp3) is 0.391. The van der Waals surface area contributed by atoms with Gasteiger partial charge in [0.25, 0.3) is 0 Å². The van der Waals surface area contributed by atoms with Crippen LogP contribution in [0, 0.1) is 5.92 Å². The fourth-order valence-corrected chi connectivity index (χ4v) is 4.13. The van der Waals surface area contributed by atoms with Gasteiger partial charge in [-0.25, -0.2) is 0 Å². The summed E-state index contributed by atoms with van der Waals surface area (Å²) in [7, 11) is 1.61. The van der Waals surface area contributed by atoms with E-state index in [-0.39, 0.29) is 24.2 Å². The van der Waals surface area contributed by atoms with Crippen molar-refractivity contribution < 1.29 is 14.3 Å². The van der Waals surface area contributed by atoms with Crippen molar-refractivity contribution in [3.63, 3.8) is 0 Å². The van der Waals surface area contributed by atoms with E-state index in [1.807, 2.05) is 35.2 Å². The highest BCUT2D eigenvalue weighted by molar-refractivity contribution is 6.00. The van der Waals surface area contributed by atoms with E-state index in [0.29, 0.717) is 12.3 Å². The molecule has 0 N–H and O–H groups in total. The Morgan fingerprint density at radius 2 is 1.79 bits per heavy atom. The summed E-state index contributed by atoms with van der Waals surface area (Å²) in [6.45, 7) is 4.51. The van der Waals surface area contributed by atoms with Crippen molar-refractivity contribution in [3.8, 4) is 5.75 Å². The normalized spacial score (nSPS) is 20.2. The maximum Gasteiger partial charge on any atom is 0.228 e. The van der Waals surface area contributed by atoms with Gasteiger partial charge in [-0.05, 0) is 17.7 Å². The van der Waals surface area contributed by atoms with Crippen molar-refractivity contribution in [2.45, 2.75) is 13.0 Å². The number of methoxy groups -OCH3 is 1. The fourth-order valence-electron chi connectivity index (χ4n) is 4.13. The van der Waals surface area contributed by atoms with Gasteiger partial charge in [0, 0.05) is 57.4 Å². The first-order valence-corrected chi connectivity index (χ1v) is 10.1. The quantitative estimate of drug-likeness (QED) is 0.783. The van der Waals surface area contributed by atoms with Gasteiger partial charge in [0.05, 0.1) is 13.0 Å². The lowest BCUT2D eigenvalue weighted by atomic mass is 10.1. The SMILES string of the molecule is COc1cccc(N2C[C@@H](C(=O)N3CCN(Cc4ccccc4)CC3)CC2=O)c1. The zero-order valence-electron chi connectivity index (χ0n) is 16.8. The van der Waals surface area contributed by atoms with Crippen LogP contribution in [0.2, 0.25) is 0 Å². The predicted octanol–water partition coefficient (Wildman–Crippen LogP) is 2.39. The number of piperazine rings is 1. The molecule has 2 aliphatic heterocycles. The van der Waals surface area contributed by atoms with Crippen LogP contribution in [0.4, 0.5) is 5.69 Å². The van der Waals surface area contributed by atoms with Crippen LogP contribution in [0.25, 0.3) is 0 Å². The van der Waals surface area contributed by atoms with E-state index in [1.165, 1.54) is 5.56 Å². The number of anilines is 1. The molecule has 152 valence electrons. The number of nitrogens with zero attached hydrogens (tertiary/aromatic N) is 3. The summed E-state index contributed by atoms with van der Waals surface area (Å²) >= 11 is 0. The molecule has 0 aromatic heterocycles. The maximum absolute atomic E-state index is 13.0. The van der Waals surface area contributed by atoms with Crippen molar-refractivity contribution in [1.29, 1.82) is 0 Å². The molecule has 6 nitrogen and oxygen atoms in total. The number of rotatable bonds is 5. The second kappa shape index (κ2) is 8.66. The molecule has 29 heavy (non-hydrogen) atoms. The molecule has 0 radical (unpaired) electrons. The molecule has 0 unspecified atom stereocenters. The lowest BCUT2D eigenvalue weighted by Crippen LogP contribution is -2.50. The van der Waals surface area contributed by atoms with Gasteiger partial charge in [-0.2, -0.15) is 0 Å². The van der Waals surface area contributed by atoms with Crippen LogP contribution in [0.3, 0.4) is 0 Å². The Morgan fingerprint density at radius 1 is 1.03 bits per heavy atom. The third kappa shape index (κ3) is 4.43. The summed E-state index contributed by atoms with van der Waals surface area (Å²) in [5, 5.41) is 0. The van der Waals surface area contributed by atoms with E-state index in [2.05, 4.69) is 29.2 Å².